The van der Waals surface area contributed by atoms with Gasteiger partial charge >= 0.3 is 0 Å². The van der Waals surface area contributed by atoms with Gasteiger partial charge in [0.15, 0.2) is 23.1 Å². The van der Waals surface area contributed by atoms with E-state index in [0.717, 1.165) is 24.8 Å². The number of nitriles is 1. The van der Waals surface area contributed by atoms with Crippen LogP contribution in [-0.2, 0) is 0 Å². The summed E-state index contributed by atoms with van der Waals surface area (Å²) in [7, 11) is 1.46. The molecule has 0 aliphatic heterocycles. The summed E-state index contributed by atoms with van der Waals surface area (Å²) in [6.45, 7) is 0. The second-order valence-corrected chi connectivity index (χ2v) is 5.28. The van der Waals surface area contributed by atoms with Gasteiger partial charge in [-0.1, -0.05) is 12.5 Å². The molecule has 1 fully saturated rings. The molecule has 2 N–H and O–H groups in total. The van der Waals surface area contributed by atoms with Gasteiger partial charge in [-0.05, 0) is 24.8 Å². The molecule has 0 bridgehead atoms. The first kappa shape index (κ1) is 14.3. The number of hydrogen-bond donors (Lipinski definition) is 1. The smallest absolute Gasteiger partial charge is 0.183 e. The topological polar surface area (TPSA) is 84.8 Å². The van der Waals surface area contributed by atoms with Gasteiger partial charge in [-0.25, -0.2) is 14.4 Å². The largest absolute Gasteiger partial charge is 0.493 e. The van der Waals surface area contributed by atoms with E-state index in [2.05, 4.69) is 9.97 Å². The van der Waals surface area contributed by atoms with Crippen molar-refractivity contribution in [1.82, 2.24) is 9.97 Å². The first-order valence-electron chi connectivity index (χ1n) is 7.05. The fourth-order valence-corrected chi connectivity index (χ4v) is 2.63. The number of methoxy groups -OCH3 is 1. The number of hydrogen-bond acceptors (Lipinski definition) is 5. The Bertz CT molecular complexity index is 765. The average Bonchev–Trinajstić information content (AvgIpc) is 2.47. The summed E-state index contributed by atoms with van der Waals surface area (Å²) in [6.07, 6.45) is 4.62. The van der Waals surface area contributed by atoms with E-state index in [0.29, 0.717) is 5.92 Å². The molecule has 0 spiro atoms. The number of nitrogens with zero attached hydrogens (tertiary/aromatic N) is 3. The highest BCUT2D eigenvalue weighted by atomic mass is 19.1. The van der Waals surface area contributed by atoms with Gasteiger partial charge in [0.25, 0.3) is 0 Å². The highest BCUT2D eigenvalue weighted by molar-refractivity contribution is 5.65. The van der Waals surface area contributed by atoms with Crippen molar-refractivity contribution < 1.29 is 9.13 Å². The molecule has 22 heavy (non-hydrogen) atoms. The summed E-state index contributed by atoms with van der Waals surface area (Å²) in [6, 6.07) is 5.37. The summed E-state index contributed by atoms with van der Waals surface area (Å²) in [5, 5.41) is 8.97. The molecule has 0 amide bonds. The van der Waals surface area contributed by atoms with E-state index in [-0.39, 0.29) is 28.5 Å². The number of nitrogens with two attached hydrogens (primary N) is 1. The van der Waals surface area contributed by atoms with Crippen molar-refractivity contribution in [3.05, 3.63) is 35.4 Å². The Labute approximate surface area is 127 Å². The maximum absolute atomic E-state index is 14.8. The minimum Gasteiger partial charge on any atom is -0.493 e. The molecule has 0 atom stereocenters. The number of benzene rings is 1. The molecule has 1 aliphatic carbocycles. The Balaban J connectivity index is 2.10. The Morgan fingerprint density at radius 2 is 2.18 bits per heavy atom. The number of ether oxygens (including phenoxy) is 1. The van der Waals surface area contributed by atoms with Crippen LogP contribution in [0.1, 0.15) is 36.4 Å². The first-order valence-corrected chi connectivity index (χ1v) is 7.05. The van der Waals surface area contributed by atoms with E-state index >= 15 is 0 Å². The standard InChI is InChI=1S/C16H15FN4O/c1-22-15-10(9-3-2-4-9)5-6-11(14(15)17)13-8-20-16(19)12(7-18)21-13/h5-6,8-9H,2-4H2,1H3,(H2,19,20). The van der Waals surface area contributed by atoms with E-state index in [1.807, 2.05) is 12.1 Å². The molecule has 0 radical (unpaired) electrons. The molecule has 1 heterocycles. The third-order valence-corrected chi connectivity index (χ3v) is 4.06. The number of anilines is 1. The summed E-state index contributed by atoms with van der Waals surface area (Å²) in [5.74, 6) is 0.157. The number of halogens is 1. The molecule has 1 aliphatic rings. The first-order chi connectivity index (χ1) is 10.7. The van der Waals surface area contributed by atoms with Gasteiger partial charge in [-0.15, -0.1) is 0 Å². The van der Waals surface area contributed by atoms with Gasteiger partial charge in [-0.3, -0.25) is 0 Å². The van der Waals surface area contributed by atoms with E-state index in [1.165, 1.54) is 13.3 Å². The van der Waals surface area contributed by atoms with Crippen LogP contribution in [0.3, 0.4) is 0 Å². The molecule has 2 aromatic rings. The maximum atomic E-state index is 14.8. The lowest BCUT2D eigenvalue weighted by molar-refractivity contribution is 0.355. The van der Waals surface area contributed by atoms with Crippen molar-refractivity contribution in [2.24, 2.45) is 0 Å². The van der Waals surface area contributed by atoms with Crippen molar-refractivity contribution in [3.63, 3.8) is 0 Å². The van der Waals surface area contributed by atoms with Crippen LogP contribution < -0.4 is 10.5 Å². The van der Waals surface area contributed by atoms with Crippen molar-refractivity contribution in [2.75, 3.05) is 12.8 Å². The lowest BCUT2D eigenvalue weighted by Crippen LogP contribution is -2.11. The summed E-state index contributed by atoms with van der Waals surface area (Å²) in [4.78, 5) is 7.95. The van der Waals surface area contributed by atoms with Crippen LogP contribution in [0.5, 0.6) is 5.75 Å². The van der Waals surface area contributed by atoms with Crippen LogP contribution in [0, 0.1) is 17.1 Å². The molecule has 1 aromatic carbocycles. The quantitative estimate of drug-likeness (QED) is 0.941. The monoisotopic (exact) mass is 298 g/mol. The fraction of sp³-hybridized carbons (Fsp3) is 0.312. The van der Waals surface area contributed by atoms with Crippen LogP contribution in [-0.4, -0.2) is 17.1 Å². The number of nitrogen functional groups attached to an aromatic ring is 1. The minimum absolute atomic E-state index is 0.0149. The SMILES string of the molecule is COc1c(C2CCC2)ccc(-c2cnc(N)c(C#N)n2)c1F. The Morgan fingerprint density at radius 3 is 2.77 bits per heavy atom. The second-order valence-electron chi connectivity index (χ2n) is 5.28. The Kier molecular flexibility index (Phi) is 3.63. The van der Waals surface area contributed by atoms with Crippen LogP contribution in [0.25, 0.3) is 11.3 Å². The zero-order valence-corrected chi connectivity index (χ0v) is 12.1. The van der Waals surface area contributed by atoms with Gasteiger partial charge in [0, 0.05) is 11.1 Å². The summed E-state index contributed by atoms with van der Waals surface area (Å²) >= 11 is 0. The van der Waals surface area contributed by atoms with Crippen LogP contribution in [0.4, 0.5) is 10.2 Å². The van der Waals surface area contributed by atoms with Crippen molar-refractivity contribution >= 4 is 5.82 Å². The fourth-order valence-electron chi connectivity index (χ4n) is 2.63. The molecule has 0 saturated heterocycles. The van der Waals surface area contributed by atoms with Gasteiger partial charge < -0.3 is 10.5 Å². The van der Waals surface area contributed by atoms with E-state index in [4.69, 9.17) is 15.7 Å². The zero-order valence-electron chi connectivity index (χ0n) is 12.1. The third kappa shape index (κ3) is 2.25. The maximum Gasteiger partial charge on any atom is 0.183 e. The zero-order chi connectivity index (χ0) is 15.7. The highest BCUT2D eigenvalue weighted by Crippen LogP contribution is 2.43. The Morgan fingerprint density at radius 1 is 1.41 bits per heavy atom. The molecule has 3 rings (SSSR count). The molecular formula is C16H15FN4O. The highest BCUT2D eigenvalue weighted by Gasteiger charge is 2.26. The van der Waals surface area contributed by atoms with Crippen molar-refractivity contribution in [1.29, 1.82) is 5.26 Å². The van der Waals surface area contributed by atoms with E-state index in [9.17, 15) is 4.39 Å². The number of aromatic nitrogens is 2. The van der Waals surface area contributed by atoms with Gasteiger partial charge in [0.2, 0.25) is 0 Å². The minimum atomic E-state index is -0.477. The summed E-state index contributed by atoms with van der Waals surface area (Å²) < 4.78 is 20.0. The molecule has 0 unspecified atom stereocenters. The van der Waals surface area contributed by atoms with Gasteiger partial charge in [0.1, 0.15) is 6.07 Å². The third-order valence-electron chi connectivity index (χ3n) is 4.06. The van der Waals surface area contributed by atoms with Crippen molar-refractivity contribution in [3.8, 4) is 23.1 Å². The molecule has 6 heteroatoms. The Hall–Kier alpha value is -2.68. The van der Waals surface area contributed by atoms with Crippen LogP contribution >= 0.6 is 0 Å². The molecular weight excluding hydrogens is 283 g/mol. The van der Waals surface area contributed by atoms with Crippen LogP contribution in [0.2, 0.25) is 0 Å². The molecule has 1 saturated carbocycles. The van der Waals surface area contributed by atoms with Crippen LogP contribution in [0.15, 0.2) is 18.3 Å². The second kappa shape index (κ2) is 5.60. The van der Waals surface area contributed by atoms with E-state index in [1.54, 1.807) is 6.07 Å². The molecule has 112 valence electrons. The lowest BCUT2D eigenvalue weighted by atomic mass is 9.79. The van der Waals surface area contributed by atoms with Gasteiger partial charge in [-0.2, -0.15) is 5.26 Å². The molecule has 5 nitrogen and oxygen atoms in total. The van der Waals surface area contributed by atoms with E-state index < -0.39 is 5.82 Å². The predicted molar refractivity (Wildman–Crippen MR) is 79.7 cm³/mol. The van der Waals surface area contributed by atoms with Crippen molar-refractivity contribution in [2.45, 2.75) is 25.2 Å². The predicted octanol–water partition coefficient (Wildman–Crippen LogP) is 3.01. The summed E-state index contributed by atoms with van der Waals surface area (Å²) in [5.41, 5.74) is 6.94. The molecule has 1 aromatic heterocycles. The lowest BCUT2D eigenvalue weighted by Gasteiger charge is -2.27. The average molecular weight is 298 g/mol. The van der Waals surface area contributed by atoms with Gasteiger partial charge in [0.05, 0.1) is 19.0 Å². The number of rotatable bonds is 3. The normalized spacial score (nSPS) is 14.2.